The SMILES string of the molecule is c1cc(C2(c3ccsc3)OCC(CN3CCCC3)O2)cs1. The fraction of sp³-hybridized carbons (Fsp3) is 0.500. The van der Waals surface area contributed by atoms with Crippen molar-refractivity contribution in [1.82, 2.24) is 4.90 Å². The molecule has 1 unspecified atom stereocenters. The van der Waals surface area contributed by atoms with Crippen LogP contribution in [0.5, 0.6) is 0 Å². The molecule has 1 atom stereocenters. The largest absolute Gasteiger partial charge is 0.339 e. The van der Waals surface area contributed by atoms with Crippen LogP contribution in [0.3, 0.4) is 0 Å². The standard InChI is InChI=1S/C16H19NO2S2/c1-2-6-17(5-1)9-15-10-18-16(19-15,13-3-7-20-11-13)14-4-8-21-12-14/h3-4,7-8,11-12,15H,1-2,5-6,9-10H2. The van der Waals surface area contributed by atoms with Crippen molar-refractivity contribution in [3.05, 3.63) is 44.8 Å². The van der Waals surface area contributed by atoms with E-state index >= 15 is 0 Å². The first-order valence-corrected chi connectivity index (χ1v) is 9.35. The molecule has 0 aliphatic carbocycles. The second-order valence-electron chi connectivity index (χ2n) is 5.70. The van der Waals surface area contributed by atoms with Gasteiger partial charge in [0, 0.05) is 17.7 Å². The van der Waals surface area contributed by atoms with Crippen LogP contribution in [0.4, 0.5) is 0 Å². The molecule has 2 saturated heterocycles. The minimum atomic E-state index is -0.690. The van der Waals surface area contributed by atoms with Crippen LogP contribution in [0.15, 0.2) is 33.7 Å². The second kappa shape index (κ2) is 5.82. The molecule has 0 N–H and O–H groups in total. The van der Waals surface area contributed by atoms with Gasteiger partial charge in [-0.15, -0.1) is 0 Å². The van der Waals surface area contributed by atoms with Crippen LogP contribution in [0.1, 0.15) is 24.0 Å². The van der Waals surface area contributed by atoms with E-state index in [1.807, 2.05) is 0 Å². The normalized spacial score (nSPS) is 25.6. The van der Waals surface area contributed by atoms with Crippen molar-refractivity contribution in [2.45, 2.75) is 24.7 Å². The van der Waals surface area contributed by atoms with E-state index in [1.165, 1.54) is 25.9 Å². The van der Waals surface area contributed by atoms with Crippen LogP contribution < -0.4 is 0 Å². The Kier molecular flexibility index (Phi) is 3.85. The van der Waals surface area contributed by atoms with Gasteiger partial charge < -0.3 is 14.4 Å². The summed E-state index contributed by atoms with van der Waals surface area (Å²) in [6.45, 7) is 4.05. The highest BCUT2D eigenvalue weighted by Crippen LogP contribution is 2.42. The van der Waals surface area contributed by atoms with E-state index in [0.29, 0.717) is 6.61 Å². The molecule has 3 nitrogen and oxygen atoms in total. The van der Waals surface area contributed by atoms with Gasteiger partial charge in [-0.1, -0.05) is 0 Å². The molecule has 0 spiro atoms. The molecule has 0 bridgehead atoms. The maximum atomic E-state index is 6.45. The summed E-state index contributed by atoms with van der Waals surface area (Å²) >= 11 is 3.38. The molecule has 2 aromatic rings. The third-order valence-corrected chi connectivity index (χ3v) is 5.63. The Morgan fingerprint density at radius 1 is 1.10 bits per heavy atom. The van der Waals surface area contributed by atoms with Gasteiger partial charge in [0.1, 0.15) is 0 Å². The molecule has 0 saturated carbocycles. The van der Waals surface area contributed by atoms with E-state index in [4.69, 9.17) is 9.47 Å². The predicted molar refractivity (Wildman–Crippen MR) is 85.9 cm³/mol. The van der Waals surface area contributed by atoms with Crippen molar-refractivity contribution in [2.24, 2.45) is 0 Å². The van der Waals surface area contributed by atoms with Crippen LogP contribution in [0, 0.1) is 0 Å². The van der Waals surface area contributed by atoms with Gasteiger partial charge in [0.25, 0.3) is 0 Å². The zero-order valence-electron chi connectivity index (χ0n) is 11.9. The summed E-state index contributed by atoms with van der Waals surface area (Å²) in [5.41, 5.74) is 2.24. The average molecular weight is 321 g/mol. The number of thiophene rings is 2. The molecule has 2 fully saturated rings. The van der Waals surface area contributed by atoms with Crippen LogP contribution in [-0.4, -0.2) is 37.2 Å². The number of hydrogen-bond acceptors (Lipinski definition) is 5. The fourth-order valence-corrected chi connectivity index (χ4v) is 4.60. The Labute approximate surface area is 133 Å². The molecule has 2 aromatic heterocycles. The Bertz CT molecular complexity index is 527. The van der Waals surface area contributed by atoms with Crippen LogP contribution in [0.2, 0.25) is 0 Å². The molecule has 21 heavy (non-hydrogen) atoms. The van der Waals surface area contributed by atoms with Crippen LogP contribution in [-0.2, 0) is 15.3 Å². The molecular weight excluding hydrogens is 302 g/mol. The van der Waals surface area contributed by atoms with Gasteiger partial charge in [-0.05, 0) is 59.6 Å². The highest BCUT2D eigenvalue weighted by molar-refractivity contribution is 7.08. The maximum Gasteiger partial charge on any atom is 0.224 e. The molecule has 2 aliphatic rings. The van der Waals surface area contributed by atoms with E-state index in [-0.39, 0.29) is 6.10 Å². The highest BCUT2D eigenvalue weighted by atomic mass is 32.1. The Hall–Kier alpha value is -0.720. The lowest BCUT2D eigenvalue weighted by Crippen LogP contribution is -2.34. The first-order valence-electron chi connectivity index (χ1n) is 7.46. The van der Waals surface area contributed by atoms with E-state index in [9.17, 15) is 0 Å². The topological polar surface area (TPSA) is 21.7 Å². The summed E-state index contributed by atoms with van der Waals surface area (Å²) in [7, 11) is 0. The monoisotopic (exact) mass is 321 g/mol. The summed E-state index contributed by atoms with van der Waals surface area (Å²) in [4.78, 5) is 2.49. The van der Waals surface area contributed by atoms with Gasteiger partial charge in [-0.2, -0.15) is 22.7 Å². The zero-order chi connectivity index (χ0) is 14.1. The fourth-order valence-electron chi connectivity index (χ4n) is 3.23. The molecule has 0 radical (unpaired) electrons. The summed E-state index contributed by atoms with van der Waals surface area (Å²) in [5, 5.41) is 8.44. The zero-order valence-corrected chi connectivity index (χ0v) is 13.5. The van der Waals surface area contributed by atoms with Crippen molar-refractivity contribution in [3.8, 4) is 0 Å². The third kappa shape index (κ3) is 2.58. The predicted octanol–water partition coefficient (Wildman–Crippen LogP) is 3.52. The van der Waals surface area contributed by atoms with Crippen molar-refractivity contribution < 1.29 is 9.47 Å². The Morgan fingerprint density at radius 2 is 1.76 bits per heavy atom. The number of rotatable bonds is 4. The lowest BCUT2D eigenvalue weighted by Gasteiger charge is -2.27. The molecule has 2 aliphatic heterocycles. The van der Waals surface area contributed by atoms with Crippen LogP contribution in [0.25, 0.3) is 0 Å². The van der Waals surface area contributed by atoms with Gasteiger partial charge >= 0.3 is 0 Å². The van der Waals surface area contributed by atoms with Crippen molar-refractivity contribution >= 4 is 22.7 Å². The highest BCUT2D eigenvalue weighted by Gasteiger charge is 2.45. The minimum Gasteiger partial charge on any atom is -0.339 e. The first-order chi connectivity index (χ1) is 10.4. The molecule has 112 valence electrons. The summed E-state index contributed by atoms with van der Waals surface area (Å²) in [5.74, 6) is -0.690. The minimum absolute atomic E-state index is 0.155. The lowest BCUT2D eigenvalue weighted by atomic mass is 10.0. The number of ether oxygens (including phenoxy) is 2. The lowest BCUT2D eigenvalue weighted by molar-refractivity contribution is -0.143. The second-order valence-corrected chi connectivity index (χ2v) is 7.26. The van der Waals surface area contributed by atoms with Gasteiger partial charge in [0.2, 0.25) is 5.79 Å². The molecule has 4 heterocycles. The van der Waals surface area contributed by atoms with Gasteiger partial charge in [-0.3, -0.25) is 0 Å². The van der Waals surface area contributed by atoms with Gasteiger partial charge in [0.05, 0.1) is 12.7 Å². The van der Waals surface area contributed by atoms with Gasteiger partial charge in [-0.25, -0.2) is 0 Å². The Morgan fingerprint density at radius 3 is 2.33 bits per heavy atom. The number of likely N-dealkylation sites (tertiary alicyclic amines) is 1. The number of hydrogen-bond donors (Lipinski definition) is 0. The van der Waals surface area contributed by atoms with E-state index in [2.05, 4.69) is 38.6 Å². The smallest absolute Gasteiger partial charge is 0.224 e. The maximum absolute atomic E-state index is 6.45. The number of nitrogens with zero attached hydrogens (tertiary/aromatic N) is 1. The van der Waals surface area contributed by atoms with E-state index < -0.39 is 5.79 Å². The molecule has 0 amide bonds. The van der Waals surface area contributed by atoms with E-state index in [1.54, 1.807) is 22.7 Å². The average Bonchev–Trinajstić information content (AvgIpc) is 3.29. The Balaban J connectivity index is 1.58. The summed E-state index contributed by atoms with van der Waals surface area (Å²) in [6, 6.07) is 4.22. The molecule has 0 aromatic carbocycles. The van der Waals surface area contributed by atoms with Gasteiger partial charge in [0.15, 0.2) is 0 Å². The summed E-state index contributed by atoms with van der Waals surface area (Å²) in [6.07, 6.45) is 2.78. The third-order valence-electron chi connectivity index (χ3n) is 4.27. The van der Waals surface area contributed by atoms with Crippen molar-refractivity contribution in [3.63, 3.8) is 0 Å². The van der Waals surface area contributed by atoms with Crippen molar-refractivity contribution in [2.75, 3.05) is 26.2 Å². The van der Waals surface area contributed by atoms with E-state index in [0.717, 1.165) is 17.7 Å². The quantitative estimate of drug-likeness (QED) is 0.860. The molecule has 4 rings (SSSR count). The summed E-state index contributed by atoms with van der Waals surface area (Å²) < 4.78 is 12.7. The molecular formula is C16H19NO2S2. The first kappa shape index (κ1) is 13.9. The van der Waals surface area contributed by atoms with Crippen LogP contribution >= 0.6 is 22.7 Å². The molecule has 5 heteroatoms. The van der Waals surface area contributed by atoms with Crippen molar-refractivity contribution in [1.29, 1.82) is 0 Å².